The summed E-state index contributed by atoms with van der Waals surface area (Å²) in [6, 6.07) is 15.1. The number of rotatable bonds is 9. The molecule has 2 aromatic heterocycles. The van der Waals surface area contributed by atoms with Gasteiger partial charge in [0, 0.05) is 4.88 Å². The number of esters is 1. The van der Waals surface area contributed by atoms with Crippen molar-refractivity contribution in [1.29, 1.82) is 0 Å². The van der Waals surface area contributed by atoms with E-state index in [1.54, 1.807) is 13.8 Å². The number of aromatic nitrogens is 1. The predicted molar refractivity (Wildman–Crippen MR) is 155 cm³/mol. The fourth-order valence-corrected chi connectivity index (χ4v) is 6.36. The van der Waals surface area contributed by atoms with Crippen LogP contribution >= 0.6 is 22.7 Å². The zero-order valence-electron chi connectivity index (χ0n) is 22.4. The molecule has 1 atom stereocenters. The SMILES string of the molecule is CCOC(=O)C1=C(C)N=c2s/c(=C\c3cc(OC)c(OCc4ccccc4)cc3[N+](=O)[O-])c(=O)n2[C@@H]1c1cccs1. The summed E-state index contributed by atoms with van der Waals surface area (Å²) in [5.74, 6) is -0.0654. The number of hydrogen-bond acceptors (Lipinski definition) is 10. The molecule has 41 heavy (non-hydrogen) atoms. The Morgan fingerprint density at radius 3 is 2.61 bits per heavy atom. The van der Waals surface area contributed by atoms with Crippen LogP contribution in [0.15, 0.2) is 81.0 Å². The average Bonchev–Trinajstić information content (AvgIpc) is 3.60. The second-order valence-corrected chi connectivity index (χ2v) is 10.9. The molecule has 10 nitrogen and oxygen atoms in total. The van der Waals surface area contributed by atoms with Crippen molar-refractivity contribution < 1.29 is 23.9 Å². The summed E-state index contributed by atoms with van der Waals surface area (Å²) < 4.78 is 18.3. The summed E-state index contributed by atoms with van der Waals surface area (Å²) >= 11 is 2.49. The summed E-state index contributed by atoms with van der Waals surface area (Å²) in [6.45, 7) is 3.78. The maximum Gasteiger partial charge on any atom is 0.338 e. The van der Waals surface area contributed by atoms with E-state index in [4.69, 9.17) is 14.2 Å². The van der Waals surface area contributed by atoms with E-state index in [9.17, 15) is 19.7 Å². The van der Waals surface area contributed by atoms with Gasteiger partial charge in [0.15, 0.2) is 16.3 Å². The molecule has 0 N–H and O–H groups in total. The van der Waals surface area contributed by atoms with Crippen molar-refractivity contribution in [2.75, 3.05) is 13.7 Å². The number of methoxy groups -OCH3 is 1. The molecule has 0 aliphatic carbocycles. The van der Waals surface area contributed by atoms with Gasteiger partial charge in [-0.3, -0.25) is 19.5 Å². The van der Waals surface area contributed by atoms with Gasteiger partial charge in [0.05, 0.1) is 46.1 Å². The van der Waals surface area contributed by atoms with Crippen molar-refractivity contribution in [3.05, 3.63) is 117 Å². The molecular weight excluding hydrogens is 566 g/mol. The van der Waals surface area contributed by atoms with Crippen molar-refractivity contribution in [1.82, 2.24) is 4.57 Å². The summed E-state index contributed by atoms with van der Waals surface area (Å²) in [4.78, 5) is 44.0. The Hall–Kier alpha value is -4.55. The van der Waals surface area contributed by atoms with Crippen LogP contribution in [-0.2, 0) is 16.1 Å². The van der Waals surface area contributed by atoms with E-state index >= 15 is 0 Å². The molecule has 3 heterocycles. The Morgan fingerprint density at radius 2 is 1.95 bits per heavy atom. The highest BCUT2D eigenvalue weighted by atomic mass is 32.1. The highest BCUT2D eigenvalue weighted by Gasteiger charge is 2.34. The van der Waals surface area contributed by atoms with E-state index in [1.165, 1.54) is 41.2 Å². The monoisotopic (exact) mass is 591 g/mol. The van der Waals surface area contributed by atoms with Crippen LogP contribution in [0, 0.1) is 10.1 Å². The van der Waals surface area contributed by atoms with Crippen molar-refractivity contribution in [3.63, 3.8) is 0 Å². The quantitative estimate of drug-likeness (QED) is 0.161. The second-order valence-electron chi connectivity index (χ2n) is 8.91. The molecule has 12 heteroatoms. The Balaban J connectivity index is 1.62. The van der Waals surface area contributed by atoms with Gasteiger partial charge >= 0.3 is 5.97 Å². The van der Waals surface area contributed by atoms with E-state index < -0.39 is 22.5 Å². The number of carbonyl (C=O) groups excluding carboxylic acids is 1. The fourth-order valence-electron chi connectivity index (χ4n) is 4.50. The fraction of sp³-hybridized carbons (Fsp3) is 0.207. The lowest BCUT2D eigenvalue weighted by molar-refractivity contribution is -0.385. The largest absolute Gasteiger partial charge is 0.493 e. The number of thiazole rings is 1. The summed E-state index contributed by atoms with van der Waals surface area (Å²) in [6.07, 6.45) is 1.44. The van der Waals surface area contributed by atoms with Crippen molar-refractivity contribution in [2.24, 2.45) is 4.99 Å². The molecule has 0 amide bonds. The molecule has 2 aromatic carbocycles. The van der Waals surface area contributed by atoms with Gasteiger partial charge in [-0.1, -0.05) is 47.7 Å². The molecule has 0 saturated carbocycles. The second kappa shape index (κ2) is 11.9. The van der Waals surface area contributed by atoms with Gasteiger partial charge in [0.1, 0.15) is 12.6 Å². The summed E-state index contributed by atoms with van der Waals surface area (Å²) in [7, 11) is 1.44. The van der Waals surface area contributed by atoms with Crippen LogP contribution < -0.4 is 24.4 Å². The molecular formula is C29H25N3O7S2. The first kappa shape index (κ1) is 28.0. The lowest BCUT2D eigenvalue weighted by atomic mass is 10.0. The number of carbonyl (C=O) groups is 1. The minimum absolute atomic E-state index is 0.165. The summed E-state index contributed by atoms with van der Waals surface area (Å²) in [5, 5.41) is 13.9. The lowest BCUT2D eigenvalue weighted by Gasteiger charge is -2.23. The molecule has 0 saturated heterocycles. The van der Waals surface area contributed by atoms with E-state index in [-0.39, 0.29) is 46.1 Å². The zero-order valence-corrected chi connectivity index (χ0v) is 24.0. The van der Waals surface area contributed by atoms with Crippen molar-refractivity contribution in [3.8, 4) is 11.5 Å². The van der Waals surface area contributed by atoms with Gasteiger partial charge in [0.25, 0.3) is 11.2 Å². The maximum absolute atomic E-state index is 13.8. The van der Waals surface area contributed by atoms with E-state index in [1.807, 2.05) is 47.8 Å². The Kier molecular flexibility index (Phi) is 8.13. The lowest BCUT2D eigenvalue weighted by Crippen LogP contribution is -2.39. The van der Waals surface area contributed by atoms with Crippen molar-refractivity contribution >= 4 is 40.4 Å². The van der Waals surface area contributed by atoms with Gasteiger partial charge in [-0.15, -0.1) is 11.3 Å². The van der Waals surface area contributed by atoms with E-state index in [0.29, 0.717) is 10.5 Å². The van der Waals surface area contributed by atoms with Gasteiger partial charge in [-0.2, -0.15) is 0 Å². The first-order valence-electron chi connectivity index (χ1n) is 12.6. The first-order valence-corrected chi connectivity index (χ1v) is 14.3. The third-order valence-electron chi connectivity index (χ3n) is 6.36. The minimum atomic E-state index is -0.731. The van der Waals surface area contributed by atoms with E-state index in [2.05, 4.69) is 4.99 Å². The number of thiophene rings is 1. The van der Waals surface area contributed by atoms with Crippen LogP contribution in [0.2, 0.25) is 0 Å². The van der Waals surface area contributed by atoms with Gasteiger partial charge in [-0.25, -0.2) is 9.79 Å². The normalized spacial score (nSPS) is 14.8. The predicted octanol–water partition coefficient (Wildman–Crippen LogP) is 4.36. The minimum Gasteiger partial charge on any atom is -0.493 e. The molecule has 0 bridgehead atoms. The number of nitro groups is 1. The summed E-state index contributed by atoms with van der Waals surface area (Å²) in [5.41, 5.74) is 1.10. The number of hydrogen-bond donors (Lipinski definition) is 0. The maximum atomic E-state index is 13.8. The zero-order chi connectivity index (χ0) is 29.1. The van der Waals surface area contributed by atoms with E-state index in [0.717, 1.165) is 21.8 Å². The topological polar surface area (TPSA) is 122 Å². The number of nitrogens with zero attached hydrogens (tertiary/aromatic N) is 3. The molecule has 1 aliphatic rings. The van der Waals surface area contributed by atoms with Crippen LogP contribution in [-0.4, -0.2) is 29.2 Å². The smallest absolute Gasteiger partial charge is 0.338 e. The van der Waals surface area contributed by atoms with Gasteiger partial charge in [-0.05, 0) is 43.0 Å². The molecule has 5 rings (SSSR count). The number of fused-ring (bicyclic) bond motifs is 1. The van der Waals surface area contributed by atoms with Gasteiger partial charge < -0.3 is 14.2 Å². The number of benzene rings is 2. The molecule has 1 aliphatic heterocycles. The van der Waals surface area contributed by atoms with Crippen LogP contribution in [0.1, 0.15) is 35.9 Å². The molecule has 0 spiro atoms. The van der Waals surface area contributed by atoms with Crippen LogP contribution in [0.25, 0.3) is 6.08 Å². The highest BCUT2D eigenvalue weighted by molar-refractivity contribution is 7.10. The van der Waals surface area contributed by atoms with Crippen LogP contribution in [0.5, 0.6) is 11.5 Å². The van der Waals surface area contributed by atoms with Crippen LogP contribution in [0.4, 0.5) is 5.69 Å². The standard InChI is InChI=1S/C29H25N3O7S2/c1-4-38-28(34)25-17(2)30-29-31(26(25)23-11-8-12-40-23)27(33)24(41-29)14-19-13-21(37-3)22(15-20(19)32(35)36)39-16-18-9-6-5-7-10-18/h5-15,26H,4,16H2,1-3H3/b24-14-/t26-/m1/s1. The molecule has 0 fully saturated rings. The molecule has 0 unspecified atom stereocenters. The van der Waals surface area contributed by atoms with Crippen molar-refractivity contribution in [2.45, 2.75) is 26.5 Å². The molecule has 0 radical (unpaired) electrons. The molecule has 4 aromatic rings. The van der Waals surface area contributed by atoms with Crippen LogP contribution in [0.3, 0.4) is 0 Å². The Labute approximate surface area is 242 Å². The Bertz CT molecular complexity index is 1820. The first-order chi connectivity index (χ1) is 19.8. The van der Waals surface area contributed by atoms with Gasteiger partial charge in [0.2, 0.25) is 0 Å². The molecule has 210 valence electrons. The third-order valence-corrected chi connectivity index (χ3v) is 8.27. The Morgan fingerprint density at radius 1 is 1.17 bits per heavy atom. The number of allylic oxidation sites excluding steroid dienone is 1. The number of ether oxygens (including phenoxy) is 3. The number of nitro benzene ring substituents is 1. The average molecular weight is 592 g/mol. The highest BCUT2D eigenvalue weighted by Crippen LogP contribution is 2.36. The third kappa shape index (κ3) is 5.56.